The van der Waals surface area contributed by atoms with Crippen molar-refractivity contribution in [3.8, 4) is 0 Å². The van der Waals surface area contributed by atoms with Crippen LogP contribution in [-0.4, -0.2) is 49.2 Å². The van der Waals surface area contributed by atoms with E-state index < -0.39 is 11.7 Å². The molecular formula is C14H17F3N4O. The van der Waals surface area contributed by atoms with E-state index in [9.17, 15) is 18.0 Å². The van der Waals surface area contributed by atoms with E-state index in [-0.39, 0.29) is 24.6 Å². The van der Waals surface area contributed by atoms with Crippen LogP contribution < -0.4 is 5.43 Å². The van der Waals surface area contributed by atoms with E-state index in [4.69, 9.17) is 0 Å². The zero-order valence-electron chi connectivity index (χ0n) is 12.5. The number of hydrogen-bond acceptors (Lipinski definition) is 4. The Balaban J connectivity index is 2.45. The van der Waals surface area contributed by atoms with Crippen molar-refractivity contribution in [3.05, 3.63) is 34.9 Å². The smallest absolute Gasteiger partial charge is 0.348 e. The Morgan fingerprint density at radius 1 is 1.36 bits per heavy atom. The van der Waals surface area contributed by atoms with E-state index in [1.807, 2.05) is 0 Å². The van der Waals surface area contributed by atoms with Gasteiger partial charge >= 0.3 is 6.18 Å². The van der Waals surface area contributed by atoms with Crippen LogP contribution in [-0.2, 0) is 17.5 Å². The number of amidine groups is 1. The van der Waals surface area contributed by atoms with Crippen LogP contribution in [0.4, 0.5) is 13.2 Å². The molecule has 1 aliphatic heterocycles. The molecule has 0 aliphatic carbocycles. The quantitative estimate of drug-likeness (QED) is 0.919. The number of likely N-dealkylation sites (N-methyl/N-ethyl adjacent to an activating group) is 1. The van der Waals surface area contributed by atoms with Crippen LogP contribution in [0.5, 0.6) is 0 Å². The van der Waals surface area contributed by atoms with Crippen molar-refractivity contribution in [1.82, 2.24) is 15.2 Å². The van der Waals surface area contributed by atoms with Crippen LogP contribution in [0, 0.1) is 0 Å². The third-order valence-electron chi connectivity index (χ3n) is 3.19. The highest BCUT2D eigenvalue weighted by Gasteiger charge is 2.34. The number of nitrogens with one attached hydrogen (secondary N) is 1. The van der Waals surface area contributed by atoms with Gasteiger partial charge in [0.2, 0.25) is 0 Å². The molecule has 0 unspecified atom stereocenters. The van der Waals surface area contributed by atoms with Crippen molar-refractivity contribution in [2.24, 2.45) is 5.10 Å². The number of carbonyl (C=O) groups is 1. The average Bonchev–Trinajstić information content (AvgIpc) is 2.37. The van der Waals surface area contributed by atoms with Gasteiger partial charge in [0.25, 0.3) is 5.91 Å². The molecule has 1 N–H and O–H groups in total. The molecule has 22 heavy (non-hydrogen) atoms. The molecule has 0 fully saturated rings. The number of amides is 1. The summed E-state index contributed by atoms with van der Waals surface area (Å²) in [4.78, 5) is 14.4. The van der Waals surface area contributed by atoms with Gasteiger partial charge in [0, 0.05) is 19.2 Å². The van der Waals surface area contributed by atoms with E-state index >= 15 is 0 Å². The molecule has 0 atom stereocenters. The molecule has 0 aromatic heterocycles. The second-order valence-electron chi connectivity index (χ2n) is 5.43. The fourth-order valence-electron chi connectivity index (χ4n) is 2.27. The lowest BCUT2D eigenvalue weighted by Gasteiger charge is -2.25. The molecule has 1 heterocycles. The average molecular weight is 314 g/mol. The number of alkyl halides is 3. The molecule has 8 heteroatoms. The first-order valence-electron chi connectivity index (χ1n) is 6.61. The summed E-state index contributed by atoms with van der Waals surface area (Å²) in [5, 5.41) is 3.84. The second kappa shape index (κ2) is 5.96. The minimum absolute atomic E-state index is 0.0552. The van der Waals surface area contributed by atoms with Crippen LogP contribution in [0.25, 0.3) is 0 Å². The number of benzene rings is 1. The van der Waals surface area contributed by atoms with Crippen LogP contribution in [0.15, 0.2) is 23.3 Å². The van der Waals surface area contributed by atoms with E-state index in [2.05, 4.69) is 10.5 Å². The Kier molecular flexibility index (Phi) is 4.41. The van der Waals surface area contributed by atoms with Gasteiger partial charge in [-0.15, -0.1) is 0 Å². The topological polar surface area (TPSA) is 47.9 Å². The van der Waals surface area contributed by atoms with E-state index in [0.29, 0.717) is 11.4 Å². The molecule has 1 aliphatic rings. The molecule has 0 saturated carbocycles. The van der Waals surface area contributed by atoms with Crippen molar-refractivity contribution in [1.29, 1.82) is 0 Å². The van der Waals surface area contributed by atoms with Crippen LogP contribution in [0.1, 0.15) is 16.7 Å². The van der Waals surface area contributed by atoms with Crippen molar-refractivity contribution in [2.75, 3.05) is 27.7 Å². The number of hydrogen-bond donors (Lipinski definition) is 1. The maximum absolute atomic E-state index is 13.3. The van der Waals surface area contributed by atoms with Gasteiger partial charge in [-0.2, -0.15) is 18.3 Å². The highest BCUT2D eigenvalue weighted by Crippen LogP contribution is 2.33. The van der Waals surface area contributed by atoms with Gasteiger partial charge < -0.3 is 9.80 Å². The van der Waals surface area contributed by atoms with Crippen LogP contribution >= 0.6 is 0 Å². The van der Waals surface area contributed by atoms with Gasteiger partial charge in [-0.1, -0.05) is 12.1 Å². The molecule has 120 valence electrons. The molecule has 0 spiro atoms. The first-order chi connectivity index (χ1) is 10.2. The Labute approximate surface area is 126 Å². The SMILES string of the molecule is CN(C)Cc1ccc(C2=NNC(=O)CN2C)cc1C(F)(F)F. The zero-order valence-corrected chi connectivity index (χ0v) is 12.5. The summed E-state index contributed by atoms with van der Waals surface area (Å²) in [5.41, 5.74) is 2.11. The largest absolute Gasteiger partial charge is 0.416 e. The highest BCUT2D eigenvalue weighted by atomic mass is 19.4. The van der Waals surface area contributed by atoms with E-state index in [1.165, 1.54) is 11.0 Å². The predicted molar refractivity (Wildman–Crippen MR) is 76.1 cm³/mol. The summed E-state index contributed by atoms with van der Waals surface area (Å²) in [6, 6.07) is 4.11. The number of carbonyl (C=O) groups excluding carboxylic acids is 1. The third kappa shape index (κ3) is 3.56. The van der Waals surface area contributed by atoms with Crippen LogP contribution in [0.3, 0.4) is 0 Å². The Morgan fingerprint density at radius 2 is 2.05 bits per heavy atom. The summed E-state index contributed by atoms with van der Waals surface area (Å²) in [5.74, 6) is 0.00743. The number of rotatable bonds is 3. The first kappa shape index (κ1) is 16.3. The summed E-state index contributed by atoms with van der Waals surface area (Å²) < 4.78 is 39.8. The summed E-state index contributed by atoms with van der Waals surface area (Å²) in [6.45, 7) is 0.244. The van der Waals surface area contributed by atoms with Gasteiger partial charge in [-0.25, -0.2) is 5.43 Å². The molecular weight excluding hydrogens is 297 g/mol. The van der Waals surface area contributed by atoms with Crippen molar-refractivity contribution in [3.63, 3.8) is 0 Å². The molecule has 1 aromatic rings. The summed E-state index contributed by atoms with van der Waals surface area (Å²) in [6.07, 6.45) is -4.45. The van der Waals surface area contributed by atoms with Crippen molar-refractivity contribution in [2.45, 2.75) is 12.7 Å². The molecule has 0 saturated heterocycles. The minimum atomic E-state index is -4.45. The van der Waals surface area contributed by atoms with Crippen molar-refractivity contribution < 1.29 is 18.0 Å². The maximum Gasteiger partial charge on any atom is 0.416 e. The highest BCUT2D eigenvalue weighted by molar-refractivity contribution is 6.02. The Bertz CT molecular complexity index is 611. The standard InChI is InChI=1S/C14H17F3N4O/c1-20(2)7-10-5-4-9(6-11(10)14(15,16)17)13-19-18-12(22)8-21(13)3/h4-6H,7-8H2,1-3H3,(H,18,22). The lowest BCUT2D eigenvalue weighted by atomic mass is 10.0. The predicted octanol–water partition coefficient (Wildman–Crippen LogP) is 1.49. The molecule has 0 radical (unpaired) electrons. The fraction of sp³-hybridized carbons (Fsp3) is 0.429. The monoisotopic (exact) mass is 314 g/mol. The molecule has 1 amide bonds. The van der Waals surface area contributed by atoms with Gasteiger partial charge in [0.1, 0.15) is 0 Å². The van der Waals surface area contributed by atoms with Gasteiger partial charge in [0.15, 0.2) is 5.84 Å². The van der Waals surface area contributed by atoms with E-state index in [1.54, 1.807) is 32.1 Å². The zero-order chi connectivity index (χ0) is 16.5. The lowest BCUT2D eigenvalue weighted by molar-refractivity contribution is -0.138. The first-order valence-corrected chi connectivity index (χ1v) is 6.61. The second-order valence-corrected chi connectivity index (χ2v) is 5.43. The van der Waals surface area contributed by atoms with E-state index in [0.717, 1.165) is 6.07 Å². The van der Waals surface area contributed by atoms with Gasteiger partial charge in [-0.05, 0) is 25.7 Å². The Hall–Kier alpha value is -2.09. The normalized spacial score (nSPS) is 15.9. The maximum atomic E-state index is 13.3. The number of halogens is 3. The van der Waals surface area contributed by atoms with Gasteiger partial charge in [0.05, 0.1) is 12.1 Å². The molecule has 0 bridgehead atoms. The number of nitrogens with zero attached hydrogens (tertiary/aromatic N) is 3. The third-order valence-corrected chi connectivity index (χ3v) is 3.19. The summed E-state index contributed by atoms with van der Waals surface area (Å²) >= 11 is 0. The lowest BCUT2D eigenvalue weighted by Crippen LogP contribution is -2.43. The fourth-order valence-corrected chi connectivity index (χ4v) is 2.27. The molecule has 2 rings (SSSR count). The molecule has 1 aromatic carbocycles. The Morgan fingerprint density at radius 3 is 2.59 bits per heavy atom. The summed E-state index contributed by atoms with van der Waals surface area (Å²) in [7, 11) is 5.03. The van der Waals surface area contributed by atoms with Crippen molar-refractivity contribution >= 4 is 11.7 Å². The van der Waals surface area contributed by atoms with Gasteiger partial charge in [-0.3, -0.25) is 4.79 Å². The molecule has 5 nitrogen and oxygen atoms in total. The van der Waals surface area contributed by atoms with Crippen LogP contribution in [0.2, 0.25) is 0 Å². The minimum Gasteiger partial charge on any atom is -0.348 e. The number of hydrazone groups is 1.